The van der Waals surface area contributed by atoms with Gasteiger partial charge in [0.1, 0.15) is 0 Å². The topological polar surface area (TPSA) is 0 Å². The van der Waals surface area contributed by atoms with Crippen LogP contribution in [0.4, 0.5) is 0 Å². The van der Waals surface area contributed by atoms with Crippen LogP contribution in [0.2, 0.25) is 0 Å². The van der Waals surface area contributed by atoms with E-state index in [1.807, 2.05) is 0 Å². The Bertz CT molecular complexity index is 80.0. The van der Waals surface area contributed by atoms with Crippen molar-refractivity contribution in [3.05, 3.63) is 19.1 Å². The average molecular weight is 139 g/mol. The highest BCUT2D eigenvalue weighted by molar-refractivity contribution is 4.83. The highest BCUT2D eigenvalue weighted by Gasteiger charge is 1.86. The van der Waals surface area contributed by atoms with Gasteiger partial charge < -0.3 is 0 Å². The van der Waals surface area contributed by atoms with Crippen molar-refractivity contribution >= 4 is 0 Å². The molecule has 10 heavy (non-hydrogen) atoms. The molecule has 1 radical (unpaired) electrons. The maximum absolute atomic E-state index is 3.91. The number of allylic oxidation sites excluding steroid dienone is 2. The molecule has 0 nitrogen and oxygen atoms in total. The van der Waals surface area contributed by atoms with E-state index in [4.69, 9.17) is 0 Å². The van der Waals surface area contributed by atoms with Gasteiger partial charge in [0.25, 0.3) is 0 Å². The molecule has 0 aromatic heterocycles. The standard InChI is InChI=1S/C10H19/c1-4-5-6-7-8-9-10(2)3/h7-8,10H,2,4-6,9H2,1,3H3/b8-7+. The molecule has 0 aliphatic rings. The van der Waals surface area contributed by atoms with Gasteiger partial charge in [0.15, 0.2) is 0 Å². The molecule has 0 heterocycles. The summed E-state index contributed by atoms with van der Waals surface area (Å²) in [5.74, 6) is 0.567. The van der Waals surface area contributed by atoms with Gasteiger partial charge in [0, 0.05) is 0 Å². The Kier molecular flexibility index (Phi) is 6.68. The van der Waals surface area contributed by atoms with Gasteiger partial charge in [0.2, 0.25) is 0 Å². The monoisotopic (exact) mass is 139 g/mol. The lowest BCUT2D eigenvalue weighted by Crippen LogP contribution is -1.81. The van der Waals surface area contributed by atoms with Gasteiger partial charge in [-0.3, -0.25) is 0 Å². The molecule has 0 saturated heterocycles. The van der Waals surface area contributed by atoms with Gasteiger partial charge in [-0.05, 0) is 18.8 Å². The van der Waals surface area contributed by atoms with Crippen LogP contribution in [0.25, 0.3) is 0 Å². The second kappa shape index (κ2) is 6.85. The highest BCUT2D eigenvalue weighted by atomic mass is 13.9. The van der Waals surface area contributed by atoms with Crippen LogP contribution in [0.1, 0.15) is 39.5 Å². The third kappa shape index (κ3) is 7.74. The molecule has 0 aliphatic heterocycles. The fourth-order valence-electron chi connectivity index (χ4n) is 0.768. The van der Waals surface area contributed by atoms with Crippen LogP contribution >= 0.6 is 0 Å². The second-order valence-corrected chi connectivity index (χ2v) is 2.95. The van der Waals surface area contributed by atoms with Crippen LogP contribution < -0.4 is 0 Å². The first-order valence-corrected chi connectivity index (χ1v) is 4.25. The van der Waals surface area contributed by atoms with Crippen molar-refractivity contribution < 1.29 is 0 Å². The number of hydrogen-bond acceptors (Lipinski definition) is 0. The van der Waals surface area contributed by atoms with E-state index in [2.05, 4.69) is 32.9 Å². The molecular formula is C10H19. The van der Waals surface area contributed by atoms with Crippen LogP contribution in [0.3, 0.4) is 0 Å². The summed E-state index contributed by atoms with van der Waals surface area (Å²) in [6.45, 7) is 8.27. The molecule has 0 N–H and O–H groups in total. The summed E-state index contributed by atoms with van der Waals surface area (Å²) in [5, 5.41) is 0. The van der Waals surface area contributed by atoms with E-state index < -0.39 is 0 Å². The second-order valence-electron chi connectivity index (χ2n) is 2.95. The van der Waals surface area contributed by atoms with Crippen molar-refractivity contribution in [3.8, 4) is 0 Å². The van der Waals surface area contributed by atoms with Crippen molar-refractivity contribution in [2.24, 2.45) is 5.92 Å². The Hall–Kier alpha value is -0.260. The Morgan fingerprint density at radius 3 is 2.60 bits per heavy atom. The predicted octanol–water partition coefficient (Wildman–Crippen LogP) is 3.59. The fraction of sp³-hybridized carbons (Fsp3) is 0.700. The molecule has 0 aliphatic carbocycles. The van der Waals surface area contributed by atoms with Crippen molar-refractivity contribution in [2.45, 2.75) is 39.5 Å². The molecule has 0 amide bonds. The van der Waals surface area contributed by atoms with E-state index >= 15 is 0 Å². The fourth-order valence-corrected chi connectivity index (χ4v) is 0.768. The van der Waals surface area contributed by atoms with E-state index in [0.717, 1.165) is 6.42 Å². The zero-order valence-corrected chi connectivity index (χ0v) is 7.27. The molecule has 59 valence electrons. The summed E-state index contributed by atoms with van der Waals surface area (Å²) in [4.78, 5) is 0. The van der Waals surface area contributed by atoms with E-state index in [0.29, 0.717) is 5.92 Å². The van der Waals surface area contributed by atoms with Crippen LogP contribution in [0.5, 0.6) is 0 Å². The molecule has 0 fully saturated rings. The molecule has 0 heteroatoms. The molecule has 0 aromatic rings. The van der Waals surface area contributed by atoms with E-state index in [9.17, 15) is 0 Å². The quantitative estimate of drug-likeness (QED) is 0.403. The summed E-state index contributed by atoms with van der Waals surface area (Å²) >= 11 is 0. The third-order valence-corrected chi connectivity index (χ3v) is 1.43. The Balaban J connectivity index is 3.04. The highest BCUT2D eigenvalue weighted by Crippen LogP contribution is 2.01. The summed E-state index contributed by atoms with van der Waals surface area (Å²) in [6, 6.07) is 0. The molecule has 0 aromatic carbocycles. The molecule has 0 saturated carbocycles. The van der Waals surface area contributed by atoms with Crippen LogP contribution in [-0.2, 0) is 0 Å². The minimum atomic E-state index is 0.567. The first-order chi connectivity index (χ1) is 4.77. The van der Waals surface area contributed by atoms with Crippen LogP contribution in [-0.4, -0.2) is 0 Å². The minimum Gasteiger partial charge on any atom is -0.0885 e. The number of rotatable bonds is 5. The van der Waals surface area contributed by atoms with E-state index in [1.54, 1.807) is 0 Å². The van der Waals surface area contributed by atoms with Gasteiger partial charge in [0.05, 0.1) is 0 Å². The van der Waals surface area contributed by atoms with E-state index in [1.165, 1.54) is 19.3 Å². The number of hydrogen-bond donors (Lipinski definition) is 0. The maximum Gasteiger partial charge on any atom is -0.0325 e. The molecule has 1 atom stereocenters. The third-order valence-electron chi connectivity index (χ3n) is 1.43. The SMILES string of the molecule is [CH2]C(C)C/C=C/CCCC. The largest absolute Gasteiger partial charge is 0.0885 e. The van der Waals surface area contributed by atoms with Crippen molar-refractivity contribution in [2.75, 3.05) is 0 Å². The zero-order valence-electron chi connectivity index (χ0n) is 7.27. The molecule has 0 bridgehead atoms. The predicted molar refractivity (Wildman–Crippen MR) is 47.8 cm³/mol. The minimum absolute atomic E-state index is 0.567. The summed E-state index contributed by atoms with van der Waals surface area (Å²) in [6.07, 6.45) is 9.50. The van der Waals surface area contributed by atoms with Gasteiger partial charge in [-0.25, -0.2) is 0 Å². The van der Waals surface area contributed by atoms with Gasteiger partial charge in [-0.15, -0.1) is 0 Å². The Morgan fingerprint density at radius 2 is 2.10 bits per heavy atom. The van der Waals surface area contributed by atoms with Gasteiger partial charge in [-0.2, -0.15) is 0 Å². The Morgan fingerprint density at radius 1 is 1.40 bits per heavy atom. The molecule has 1 unspecified atom stereocenters. The first kappa shape index (κ1) is 9.74. The lowest BCUT2D eigenvalue weighted by molar-refractivity contribution is 0.734. The summed E-state index contributed by atoms with van der Waals surface area (Å²) in [7, 11) is 0. The Labute approximate surface area is 65.3 Å². The smallest absolute Gasteiger partial charge is 0.0325 e. The summed E-state index contributed by atoms with van der Waals surface area (Å²) < 4.78 is 0. The summed E-state index contributed by atoms with van der Waals surface area (Å²) in [5.41, 5.74) is 0. The van der Waals surface area contributed by atoms with Crippen molar-refractivity contribution in [1.29, 1.82) is 0 Å². The molecule has 0 spiro atoms. The van der Waals surface area contributed by atoms with Crippen molar-refractivity contribution in [1.82, 2.24) is 0 Å². The lowest BCUT2D eigenvalue weighted by Gasteiger charge is -1.95. The average Bonchev–Trinajstić information content (AvgIpc) is 1.87. The molecule has 0 rings (SSSR count). The van der Waals surface area contributed by atoms with Gasteiger partial charge in [-0.1, -0.05) is 45.8 Å². The maximum atomic E-state index is 3.91. The van der Waals surface area contributed by atoms with Crippen LogP contribution in [0, 0.1) is 12.8 Å². The molecular weight excluding hydrogens is 120 g/mol. The van der Waals surface area contributed by atoms with Crippen LogP contribution in [0.15, 0.2) is 12.2 Å². The van der Waals surface area contributed by atoms with E-state index in [-0.39, 0.29) is 0 Å². The normalized spacial score (nSPS) is 11.6. The first-order valence-electron chi connectivity index (χ1n) is 4.25. The lowest BCUT2D eigenvalue weighted by atomic mass is 10.1. The van der Waals surface area contributed by atoms with Crippen molar-refractivity contribution in [3.63, 3.8) is 0 Å². The number of unbranched alkanes of at least 4 members (excludes halogenated alkanes) is 2. The van der Waals surface area contributed by atoms with Gasteiger partial charge >= 0.3 is 0 Å². The zero-order chi connectivity index (χ0) is 7.82.